The van der Waals surface area contributed by atoms with Crippen LogP contribution in [0.15, 0.2) is 71.7 Å². The summed E-state index contributed by atoms with van der Waals surface area (Å²) < 4.78 is 11.9. The maximum absolute atomic E-state index is 12.8. The molecule has 0 bridgehead atoms. The first kappa shape index (κ1) is 18.3. The number of para-hydroxylation sites is 2. The summed E-state index contributed by atoms with van der Waals surface area (Å²) in [6.45, 7) is 0.339. The number of carbonyl (C=O) groups excluding carboxylic acids is 1. The molecular weight excluding hydrogens is 344 g/mol. The van der Waals surface area contributed by atoms with Crippen molar-refractivity contribution in [3.8, 4) is 11.5 Å². The highest BCUT2D eigenvalue weighted by atomic mass is 16.5. The lowest BCUT2D eigenvalue weighted by atomic mass is 10.2. The van der Waals surface area contributed by atoms with Gasteiger partial charge in [-0.3, -0.25) is 9.59 Å². The molecule has 6 heteroatoms. The van der Waals surface area contributed by atoms with Crippen molar-refractivity contribution in [2.75, 3.05) is 19.5 Å². The van der Waals surface area contributed by atoms with Crippen LogP contribution in [0.2, 0.25) is 0 Å². The Bertz CT molecular complexity index is 1010. The van der Waals surface area contributed by atoms with Gasteiger partial charge in [0.2, 0.25) is 0 Å². The lowest BCUT2D eigenvalue weighted by molar-refractivity contribution is 0.102. The van der Waals surface area contributed by atoms with Crippen LogP contribution in [0.3, 0.4) is 0 Å². The summed E-state index contributed by atoms with van der Waals surface area (Å²) in [5.74, 6) is 0.758. The fourth-order valence-electron chi connectivity index (χ4n) is 2.74. The summed E-state index contributed by atoms with van der Waals surface area (Å²) in [4.78, 5) is 25.4. The molecule has 1 N–H and O–H groups in total. The van der Waals surface area contributed by atoms with E-state index in [4.69, 9.17) is 9.47 Å². The minimum atomic E-state index is -0.482. The van der Waals surface area contributed by atoms with Gasteiger partial charge in [-0.05, 0) is 42.0 Å². The number of benzene rings is 2. The standard InChI is InChI=1S/C21H20N2O4/c1-26-16-8-5-7-15(13-16)14-23-12-6-9-17(21(23)25)20(24)22-18-10-3-4-11-19(18)27-2/h3-13H,14H2,1-2H3,(H,22,24). The predicted octanol–water partition coefficient (Wildman–Crippen LogP) is 3.17. The molecule has 0 unspecified atom stereocenters. The Labute approximate surface area is 157 Å². The molecule has 0 spiro atoms. The molecule has 3 aromatic rings. The molecule has 138 valence electrons. The average molecular weight is 364 g/mol. The first-order valence-corrected chi connectivity index (χ1v) is 8.39. The number of ether oxygens (including phenoxy) is 2. The minimum absolute atomic E-state index is 0.0614. The fraction of sp³-hybridized carbons (Fsp3) is 0.143. The Morgan fingerprint density at radius 3 is 2.59 bits per heavy atom. The predicted molar refractivity (Wildman–Crippen MR) is 104 cm³/mol. The number of carbonyl (C=O) groups is 1. The van der Waals surface area contributed by atoms with Crippen molar-refractivity contribution in [2.24, 2.45) is 0 Å². The zero-order valence-electron chi connectivity index (χ0n) is 15.1. The van der Waals surface area contributed by atoms with Gasteiger partial charge in [0.15, 0.2) is 0 Å². The number of methoxy groups -OCH3 is 2. The maximum atomic E-state index is 12.8. The van der Waals surface area contributed by atoms with E-state index in [-0.39, 0.29) is 11.1 Å². The number of anilines is 1. The number of rotatable bonds is 6. The number of nitrogens with zero attached hydrogens (tertiary/aromatic N) is 1. The van der Waals surface area contributed by atoms with Gasteiger partial charge in [0.25, 0.3) is 11.5 Å². The fourth-order valence-corrected chi connectivity index (χ4v) is 2.74. The molecular formula is C21H20N2O4. The first-order chi connectivity index (χ1) is 13.1. The number of pyridine rings is 1. The van der Waals surface area contributed by atoms with E-state index in [9.17, 15) is 9.59 Å². The summed E-state index contributed by atoms with van der Waals surface area (Å²) >= 11 is 0. The van der Waals surface area contributed by atoms with E-state index < -0.39 is 5.91 Å². The summed E-state index contributed by atoms with van der Waals surface area (Å²) in [7, 11) is 3.11. The lowest BCUT2D eigenvalue weighted by Crippen LogP contribution is -2.29. The molecule has 6 nitrogen and oxygen atoms in total. The van der Waals surface area contributed by atoms with Crippen LogP contribution in [0, 0.1) is 0 Å². The highest BCUT2D eigenvalue weighted by molar-refractivity contribution is 6.04. The summed E-state index contributed by atoms with van der Waals surface area (Å²) in [5.41, 5.74) is 1.10. The molecule has 2 aromatic carbocycles. The van der Waals surface area contributed by atoms with E-state index >= 15 is 0 Å². The molecule has 3 rings (SSSR count). The van der Waals surface area contributed by atoms with Gasteiger partial charge in [-0.1, -0.05) is 24.3 Å². The average Bonchev–Trinajstić information content (AvgIpc) is 2.70. The molecule has 0 aliphatic carbocycles. The highest BCUT2D eigenvalue weighted by Crippen LogP contribution is 2.23. The van der Waals surface area contributed by atoms with Crippen LogP contribution in [0.25, 0.3) is 0 Å². The third kappa shape index (κ3) is 4.17. The zero-order valence-corrected chi connectivity index (χ0v) is 15.1. The van der Waals surface area contributed by atoms with Crippen molar-refractivity contribution in [3.63, 3.8) is 0 Å². The summed E-state index contributed by atoms with van der Waals surface area (Å²) in [6.07, 6.45) is 1.65. The van der Waals surface area contributed by atoms with E-state index in [1.165, 1.54) is 17.7 Å². The monoisotopic (exact) mass is 364 g/mol. The maximum Gasteiger partial charge on any atom is 0.263 e. The topological polar surface area (TPSA) is 69.6 Å². The Kier molecular flexibility index (Phi) is 5.56. The molecule has 0 saturated carbocycles. The second kappa shape index (κ2) is 8.23. The number of hydrogen-bond acceptors (Lipinski definition) is 4. The first-order valence-electron chi connectivity index (χ1n) is 8.39. The van der Waals surface area contributed by atoms with E-state index in [2.05, 4.69) is 5.32 Å². The second-order valence-electron chi connectivity index (χ2n) is 5.86. The quantitative estimate of drug-likeness (QED) is 0.729. The Morgan fingerprint density at radius 1 is 1.00 bits per heavy atom. The molecule has 0 radical (unpaired) electrons. The van der Waals surface area contributed by atoms with Gasteiger partial charge in [0.05, 0.1) is 26.5 Å². The van der Waals surface area contributed by atoms with Crippen molar-refractivity contribution >= 4 is 11.6 Å². The SMILES string of the molecule is COc1cccc(Cn2cccc(C(=O)Nc3ccccc3OC)c2=O)c1. The molecule has 0 aliphatic heterocycles. The Morgan fingerprint density at radius 2 is 1.81 bits per heavy atom. The smallest absolute Gasteiger partial charge is 0.263 e. The van der Waals surface area contributed by atoms with Crippen LogP contribution < -0.4 is 20.3 Å². The third-order valence-corrected chi connectivity index (χ3v) is 4.11. The molecule has 1 heterocycles. The highest BCUT2D eigenvalue weighted by Gasteiger charge is 2.14. The van der Waals surface area contributed by atoms with Gasteiger partial charge in [-0.2, -0.15) is 0 Å². The minimum Gasteiger partial charge on any atom is -0.497 e. The summed E-state index contributed by atoms with van der Waals surface area (Å²) in [6, 6.07) is 17.7. The van der Waals surface area contributed by atoms with Gasteiger partial charge in [0, 0.05) is 6.20 Å². The van der Waals surface area contributed by atoms with Crippen LogP contribution in [-0.2, 0) is 6.54 Å². The van der Waals surface area contributed by atoms with Crippen molar-refractivity contribution in [3.05, 3.63) is 88.3 Å². The van der Waals surface area contributed by atoms with E-state index in [1.54, 1.807) is 43.6 Å². The largest absolute Gasteiger partial charge is 0.497 e. The van der Waals surface area contributed by atoms with Crippen molar-refractivity contribution in [1.82, 2.24) is 4.57 Å². The number of aromatic nitrogens is 1. The molecule has 0 atom stereocenters. The Hall–Kier alpha value is -3.54. The molecule has 0 fully saturated rings. The van der Waals surface area contributed by atoms with Gasteiger partial charge >= 0.3 is 0 Å². The third-order valence-electron chi connectivity index (χ3n) is 4.11. The molecule has 0 aliphatic rings. The summed E-state index contributed by atoms with van der Waals surface area (Å²) in [5, 5.41) is 2.73. The van der Waals surface area contributed by atoms with Crippen molar-refractivity contribution < 1.29 is 14.3 Å². The number of hydrogen-bond donors (Lipinski definition) is 1. The molecule has 1 amide bonds. The van der Waals surface area contributed by atoms with Gasteiger partial charge in [-0.15, -0.1) is 0 Å². The van der Waals surface area contributed by atoms with Crippen LogP contribution in [0.4, 0.5) is 5.69 Å². The molecule has 0 saturated heterocycles. The van der Waals surface area contributed by atoms with Crippen molar-refractivity contribution in [1.29, 1.82) is 0 Å². The van der Waals surface area contributed by atoms with E-state index in [1.807, 2.05) is 24.3 Å². The number of amides is 1. The van der Waals surface area contributed by atoms with Crippen LogP contribution >= 0.6 is 0 Å². The molecule has 1 aromatic heterocycles. The van der Waals surface area contributed by atoms with E-state index in [0.717, 1.165) is 5.56 Å². The van der Waals surface area contributed by atoms with Crippen LogP contribution in [0.5, 0.6) is 11.5 Å². The van der Waals surface area contributed by atoms with Gasteiger partial charge in [0.1, 0.15) is 17.1 Å². The van der Waals surface area contributed by atoms with E-state index in [0.29, 0.717) is 23.7 Å². The lowest BCUT2D eigenvalue weighted by Gasteiger charge is -2.11. The van der Waals surface area contributed by atoms with Gasteiger partial charge in [-0.25, -0.2) is 0 Å². The normalized spacial score (nSPS) is 10.3. The van der Waals surface area contributed by atoms with Gasteiger partial charge < -0.3 is 19.4 Å². The zero-order chi connectivity index (χ0) is 19.2. The molecule has 27 heavy (non-hydrogen) atoms. The second-order valence-corrected chi connectivity index (χ2v) is 5.86. The Balaban J connectivity index is 1.86. The van der Waals surface area contributed by atoms with Crippen LogP contribution in [-0.4, -0.2) is 24.7 Å². The van der Waals surface area contributed by atoms with Crippen LogP contribution in [0.1, 0.15) is 15.9 Å². The van der Waals surface area contributed by atoms with Crippen molar-refractivity contribution in [2.45, 2.75) is 6.54 Å². The number of nitrogens with one attached hydrogen (secondary N) is 1.